The Balaban J connectivity index is 2.33. The maximum atomic E-state index is 6.11. The monoisotopic (exact) mass is 286 g/mol. The minimum atomic E-state index is 0.254. The van der Waals surface area contributed by atoms with Crippen LogP contribution in [0.5, 0.6) is 0 Å². The van der Waals surface area contributed by atoms with Crippen LogP contribution in [0.3, 0.4) is 0 Å². The second-order valence-electron chi connectivity index (χ2n) is 5.34. The molecule has 1 aliphatic rings. The summed E-state index contributed by atoms with van der Waals surface area (Å²) in [6.07, 6.45) is 5.21. The fourth-order valence-corrected chi connectivity index (χ4v) is 4.47. The highest BCUT2D eigenvalue weighted by Crippen LogP contribution is 2.45. The second-order valence-corrected chi connectivity index (χ2v) is 7.08. The lowest BCUT2D eigenvalue weighted by Gasteiger charge is -2.43. The van der Waals surface area contributed by atoms with E-state index in [0.717, 1.165) is 10.9 Å². The summed E-state index contributed by atoms with van der Waals surface area (Å²) in [6.45, 7) is 3.18. The van der Waals surface area contributed by atoms with Crippen LogP contribution in [0, 0.1) is 0 Å². The Morgan fingerprint density at radius 2 is 2.06 bits per heavy atom. The summed E-state index contributed by atoms with van der Waals surface area (Å²) in [6, 6.07) is 4.60. The van der Waals surface area contributed by atoms with Gasteiger partial charge in [-0.2, -0.15) is 0 Å². The van der Waals surface area contributed by atoms with Crippen LogP contribution in [0.1, 0.15) is 43.5 Å². The number of hydrogen-bond acceptors (Lipinski definition) is 3. The summed E-state index contributed by atoms with van der Waals surface area (Å²) in [5.41, 5.74) is 0.254. The third kappa shape index (κ3) is 2.60. The van der Waals surface area contributed by atoms with Crippen LogP contribution >= 0.6 is 22.9 Å². The summed E-state index contributed by atoms with van der Waals surface area (Å²) in [5.74, 6) is 0. The standard InChI is InChI=1S/C14H23ClN2S/c1-4-16-13(11-7-8-12(15)18-11)14(17(2)3)9-5-6-10-14/h7-8,13,16H,4-6,9-10H2,1-3H3. The molecule has 0 amide bonds. The van der Waals surface area contributed by atoms with Crippen LogP contribution in [0.2, 0.25) is 4.34 Å². The van der Waals surface area contributed by atoms with Crippen molar-refractivity contribution in [3.05, 3.63) is 21.3 Å². The van der Waals surface area contributed by atoms with Gasteiger partial charge in [-0.3, -0.25) is 0 Å². The molecular weight excluding hydrogens is 264 g/mol. The molecule has 2 rings (SSSR count). The van der Waals surface area contributed by atoms with Crippen molar-refractivity contribution in [2.75, 3.05) is 20.6 Å². The van der Waals surface area contributed by atoms with Gasteiger partial charge in [0.15, 0.2) is 0 Å². The Hall–Kier alpha value is -0.0900. The Bertz CT molecular complexity index is 383. The molecule has 0 bridgehead atoms. The molecule has 1 aromatic heterocycles. The molecule has 1 heterocycles. The van der Waals surface area contributed by atoms with E-state index in [2.05, 4.69) is 37.3 Å². The molecule has 1 aromatic rings. The first-order chi connectivity index (χ1) is 8.60. The molecule has 1 unspecified atom stereocenters. The number of nitrogens with zero attached hydrogens (tertiary/aromatic N) is 1. The molecule has 102 valence electrons. The van der Waals surface area contributed by atoms with Gasteiger partial charge in [0.2, 0.25) is 0 Å². The molecule has 0 spiro atoms. The lowest BCUT2D eigenvalue weighted by molar-refractivity contribution is 0.107. The quantitative estimate of drug-likeness (QED) is 0.882. The van der Waals surface area contributed by atoms with Gasteiger partial charge < -0.3 is 10.2 Å². The summed E-state index contributed by atoms with van der Waals surface area (Å²) < 4.78 is 0.889. The van der Waals surface area contributed by atoms with Gasteiger partial charge in [-0.1, -0.05) is 31.4 Å². The Labute approximate surface area is 119 Å². The summed E-state index contributed by atoms with van der Waals surface area (Å²) in [5, 5.41) is 3.69. The van der Waals surface area contributed by atoms with Crippen LogP contribution in [-0.2, 0) is 0 Å². The van der Waals surface area contributed by atoms with Crippen LogP contribution in [-0.4, -0.2) is 31.1 Å². The van der Waals surface area contributed by atoms with Crippen LogP contribution < -0.4 is 5.32 Å². The van der Waals surface area contributed by atoms with Crippen molar-refractivity contribution in [2.45, 2.75) is 44.2 Å². The third-order valence-electron chi connectivity index (χ3n) is 4.18. The molecule has 1 atom stereocenters. The van der Waals surface area contributed by atoms with Gasteiger partial charge in [-0.15, -0.1) is 11.3 Å². The fraction of sp³-hybridized carbons (Fsp3) is 0.714. The van der Waals surface area contributed by atoms with Crippen molar-refractivity contribution in [1.82, 2.24) is 10.2 Å². The van der Waals surface area contributed by atoms with E-state index in [1.54, 1.807) is 11.3 Å². The van der Waals surface area contributed by atoms with E-state index in [1.807, 2.05) is 6.07 Å². The third-order valence-corrected chi connectivity index (χ3v) is 5.48. The Morgan fingerprint density at radius 1 is 1.39 bits per heavy atom. The van der Waals surface area contributed by atoms with Crippen molar-refractivity contribution in [2.24, 2.45) is 0 Å². The van der Waals surface area contributed by atoms with Gasteiger partial charge in [-0.05, 0) is 45.6 Å². The first-order valence-corrected chi connectivity index (χ1v) is 7.95. The molecule has 1 fully saturated rings. The number of likely N-dealkylation sites (N-methyl/N-ethyl adjacent to an activating group) is 2. The van der Waals surface area contributed by atoms with Gasteiger partial charge in [0.05, 0.1) is 10.4 Å². The van der Waals surface area contributed by atoms with Crippen LogP contribution in [0.4, 0.5) is 0 Å². The molecule has 1 N–H and O–H groups in total. The van der Waals surface area contributed by atoms with Crippen molar-refractivity contribution in [3.8, 4) is 0 Å². The molecule has 2 nitrogen and oxygen atoms in total. The zero-order chi connectivity index (χ0) is 13.2. The Morgan fingerprint density at radius 3 is 2.50 bits per heavy atom. The van der Waals surface area contributed by atoms with E-state index in [1.165, 1.54) is 30.6 Å². The van der Waals surface area contributed by atoms with Gasteiger partial charge >= 0.3 is 0 Å². The maximum absolute atomic E-state index is 6.11. The van der Waals surface area contributed by atoms with Crippen molar-refractivity contribution < 1.29 is 0 Å². The molecule has 0 radical (unpaired) electrons. The lowest BCUT2D eigenvalue weighted by atomic mass is 9.85. The SMILES string of the molecule is CCNC(c1ccc(Cl)s1)C1(N(C)C)CCCC1. The maximum Gasteiger partial charge on any atom is 0.0931 e. The minimum absolute atomic E-state index is 0.254. The summed E-state index contributed by atoms with van der Waals surface area (Å²) in [7, 11) is 4.43. The average molecular weight is 287 g/mol. The largest absolute Gasteiger partial charge is 0.308 e. The first kappa shape index (κ1) is 14.3. The van der Waals surface area contributed by atoms with E-state index in [-0.39, 0.29) is 5.54 Å². The number of rotatable bonds is 5. The zero-order valence-corrected chi connectivity index (χ0v) is 13.1. The smallest absolute Gasteiger partial charge is 0.0931 e. The van der Waals surface area contributed by atoms with Gasteiger partial charge in [0, 0.05) is 10.4 Å². The van der Waals surface area contributed by atoms with E-state index in [0.29, 0.717) is 6.04 Å². The zero-order valence-electron chi connectivity index (χ0n) is 11.5. The minimum Gasteiger partial charge on any atom is -0.308 e. The molecule has 0 aromatic carbocycles. The predicted molar refractivity (Wildman–Crippen MR) is 80.6 cm³/mol. The number of thiophene rings is 1. The molecule has 4 heteroatoms. The Kier molecular flexibility index (Phi) is 4.70. The van der Waals surface area contributed by atoms with Crippen LogP contribution in [0.25, 0.3) is 0 Å². The number of hydrogen-bond donors (Lipinski definition) is 1. The molecule has 0 aliphatic heterocycles. The summed E-state index contributed by atoms with van der Waals surface area (Å²) >= 11 is 7.83. The van der Waals surface area contributed by atoms with Crippen molar-refractivity contribution >= 4 is 22.9 Å². The van der Waals surface area contributed by atoms with E-state index >= 15 is 0 Å². The second kappa shape index (κ2) is 5.91. The van der Waals surface area contributed by atoms with E-state index < -0.39 is 0 Å². The lowest BCUT2D eigenvalue weighted by Crippen LogP contribution is -2.51. The molecular formula is C14H23ClN2S. The van der Waals surface area contributed by atoms with Gasteiger partial charge in [-0.25, -0.2) is 0 Å². The predicted octanol–water partition coefficient (Wildman–Crippen LogP) is 3.93. The number of halogens is 1. The normalized spacial score (nSPS) is 20.5. The van der Waals surface area contributed by atoms with Crippen LogP contribution in [0.15, 0.2) is 12.1 Å². The first-order valence-electron chi connectivity index (χ1n) is 6.76. The summed E-state index contributed by atoms with van der Waals surface area (Å²) in [4.78, 5) is 3.79. The molecule has 18 heavy (non-hydrogen) atoms. The number of nitrogens with one attached hydrogen (secondary N) is 1. The fourth-order valence-electron chi connectivity index (χ4n) is 3.22. The highest BCUT2D eigenvalue weighted by Gasteiger charge is 2.44. The van der Waals surface area contributed by atoms with Gasteiger partial charge in [0.25, 0.3) is 0 Å². The van der Waals surface area contributed by atoms with E-state index in [4.69, 9.17) is 11.6 Å². The van der Waals surface area contributed by atoms with Crippen molar-refractivity contribution in [1.29, 1.82) is 0 Å². The molecule has 1 aliphatic carbocycles. The van der Waals surface area contributed by atoms with Crippen molar-refractivity contribution in [3.63, 3.8) is 0 Å². The average Bonchev–Trinajstić information content (AvgIpc) is 2.95. The molecule has 0 saturated heterocycles. The van der Waals surface area contributed by atoms with E-state index in [9.17, 15) is 0 Å². The highest BCUT2D eigenvalue weighted by atomic mass is 35.5. The topological polar surface area (TPSA) is 15.3 Å². The highest BCUT2D eigenvalue weighted by molar-refractivity contribution is 7.16. The van der Waals surface area contributed by atoms with Gasteiger partial charge in [0.1, 0.15) is 0 Å². The molecule has 1 saturated carbocycles.